The van der Waals surface area contributed by atoms with Gasteiger partial charge in [0.1, 0.15) is 5.82 Å². The van der Waals surface area contributed by atoms with Crippen LogP contribution in [0.4, 0.5) is 10.1 Å². The number of aryl methyl sites for hydroxylation is 1. The van der Waals surface area contributed by atoms with Crippen LogP contribution in [0.25, 0.3) is 22.0 Å². The van der Waals surface area contributed by atoms with Crippen LogP contribution < -0.4 is 5.32 Å². The smallest absolute Gasteiger partial charge is 0.276 e. The number of H-pyrrole nitrogens is 1. The first-order chi connectivity index (χ1) is 16.0. The Morgan fingerprint density at radius 2 is 1.97 bits per heavy atom. The van der Waals surface area contributed by atoms with Crippen LogP contribution >= 0.6 is 0 Å². The standard InChI is InChI=1S/C25H27FN6O/c1-16-7-9-32(10-8-16)14-17-3-5-19(6-4-17)28-25(33)24-21-11-20(18-13-27-31(2)15-18)22(26)12-23(21)29-30-24/h3-6,11-13,15-16H,7-10,14H2,1-2H3,(H,28,33)(H,29,30). The summed E-state index contributed by atoms with van der Waals surface area (Å²) in [5.74, 6) is 0.0708. The van der Waals surface area contributed by atoms with Crippen LogP contribution in [0.3, 0.4) is 0 Å². The Balaban J connectivity index is 1.32. The van der Waals surface area contributed by atoms with Gasteiger partial charge in [-0.25, -0.2) is 4.39 Å². The van der Waals surface area contributed by atoms with Crippen LogP contribution in [0.2, 0.25) is 0 Å². The third-order valence-electron chi connectivity index (χ3n) is 6.38. The zero-order chi connectivity index (χ0) is 22.9. The first-order valence-corrected chi connectivity index (χ1v) is 11.3. The number of nitrogens with one attached hydrogen (secondary N) is 2. The summed E-state index contributed by atoms with van der Waals surface area (Å²) in [7, 11) is 1.77. The monoisotopic (exact) mass is 446 g/mol. The van der Waals surface area contributed by atoms with Crippen molar-refractivity contribution in [2.24, 2.45) is 13.0 Å². The molecule has 7 nitrogen and oxygen atoms in total. The van der Waals surface area contributed by atoms with Crippen LogP contribution in [0.1, 0.15) is 35.8 Å². The lowest BCUT2D eigenvalue weighted by Gasteiger charge is -2.30. The molecule has 170 valence electrons. The quantitative estimate of drug-likeness (QED) is 0.470. The number of fused-ring (bicyclic) bond motifs is 1. The number of aromatic amines is 1. The average Bonchev–Trinajstić information content (AvgIpc) is 3.42. The number of amides is 1. The number of piperidine rings is 1. The molecule has 2 aromatic carbocycles. The minimum Gasteiger partial charge on any atom is -0.321 e. The van der Waals surface area contributed by atoms with E-state index in [0.29, 0.717) is 27.7 Å². The lowest BCUT2D eigenvalue weighted by atomic mass is 9.99. The first-order valence-electron chi connectivity index (χ1n) is 11.3. The highest BCUT2D eigenvalue weighted by molar-refractivity contribution is 6.11. The number of nitrogens with zero attached hydrogens (tertiary/aromatic N) is 4. The third-order valence-corrected chi connectivity index (χ3v) is 6.38. The molecular weight excluding hydrogens is 419 g/mol. The maximum absolute atomic E-state index is 14.6. The first kappa shape index (κ1) is 21.3. The van der Waals surface area contributed by atoms with Crippen molar-refractivity contribution in [3.63, 3.8) is 0 Å². The van der Waals surface area contributed by atoms with Crippen molar-refractivity contribution in [3.8, 4) is 11.1 Å². The van der Waals surface area contributed by atoms with Gasteiger partial charge in [0.15, 0.2) is 5.69 Å². The van der Waals surface area contributed by atoms with E-state index in [1.54, 1.807) is 30.2 Å². The maximum atomic E-state index is 14.6. The molecule has 3 heterocycles. The van der Waals surface area contributed by atoms with Crippen molar-refractivity contribution in [1.29, 1.82) is 0 Å². The number of rotatable bonds is 5. The van der Waals surface area contributed by atoms with Crippen molar-refractivity contribution in [1.82, 2.24) is 24.9 Å². The molecule has 0 radical (unpaired) electrons. The number of carbonyl (C=O) groups is 1. The summed E-state index contributed by atoms with van der Waals surface area (Å²) in [6, 6.07) is 10.9. The summed E-state index contributed by atoms with van der Waals surface area (Å²) >= 11 is 0. The molecule has 0 spiro atoms. The molecule has 0 saturated carbocycles. The van der Waals surface area contributed by atoms with Crippen LogP contribution in [0.5, 0.6) is 0 Å². The SMILES string of the molecule is CC1CCN(Cc2ccc(NC(=O)c3n[nH]c4cc(F)c(-c5cnn(C)c5)cc34)cc2)CC1. The van der Waals surface area contributed by atoms with E-state index in [2.05, 4.69) is 32.4 Å². The van der Waals surface area contributed by atoms with Crippen LogP contribution in [0.15, 0.2) is 48.8 Å². The molecule has 5 rings (SSSR count). The molecule has 8 heteroatoms. The average molecular weight is 447 g/mol. The summed E-state index contributed by atoms with van der Waals surface area (Å²) < 4.78 is 16.2. The molecule has 0 bridgehead atoms. The number of halogens is 1. The molecule has 33 heavy (non-hydrogen) atoms. The Morgan fingerprint density at radius 1 is 1.21 bits per heavy atom. The van der Waals surface area contributed by atoms with Crippen molar-refractivity contribution < 1.29 is 9.18 Å². The number of aromatic nitrogens is 4. The topological polar surface area (TPSA) is 78.8 Å². The fourth-order valence-corrected chi connectivity index (χ4v) is 4.35. The number of hydrogen-bond donors (Lipinski definition) is 2. The zero-order valence-electron chi connectivity index (χ0n) is 18.8. The van der Waals surface area contributed by atoms with Gasteiger partial charge in [0.25, 0.3) is 5.91 Å². The van der Waals surface area contributed by atoms with Gasteiger partial charge in [-0.3, -0.25) is 19.5 Å². The minimum atomic E-state index is -0.398. The molecule has 1 aliphatic heterocycles. The number of anilines is 1. The van der Waals surface area contributed by atoms with Gasteiger partial charge in [-0.05, 0) is 55.6 Å². The van der Waals surface area contributed by atoms with Gasteiger partial charge in [0.2, 0.25) is 0 Å². The summed E-state index contributed by atoms with van der Waals surface area (Å²) in [6.07, 6.45) is 5.82. The molecule has 1 amide bonds. The molecule has 0 unspecified atom stereocenters. The van der Waals surface area contributed by atoms with E-state index in [4.69, 9.17) is 0 Å². The zero-order valence-corrected chi connectivity index (χ0v) is 18.8. The number of carbonyl (C=O) groups excluding carboxylic acids is 1. The normalized spacial score (nSPS) is 15.2. The predicted molar refractivity (Wildman–Crippen MR) is 126 cm³/mol. The van der Waals surface area contributed by atoms with Gasteiger partial charge in [0.05, 0.1) is 11.7 Å². The second kappa shape index (κ2) is 8.78. The molecule has 2 N–H and O–H groups in total. The summed E-state index contributed by atoms with van der Waals surface area (Å²) in [5, 5.41) is 14.5. The van der Waals surface area contributed by atoms with Crippen molar-refractivity contribution in [3.05, 3.63) is 65.9 Å². The number of benzene rings is 2. The van der Waals surface area contributed by atoms with E-state index >= 15 is 0 Å². The Morgan fingerprint density at radius 3 is 2.67 bits per heavy atom. The Bertz CT molecular complexity index is 1280. The fraction of sp³-hybridized carbons (Fsp3) is 0.320. The van der Waals surface area contributed by atoms with E-state index in [9.17, 15) is 9.18 Å². The molecule has 0 atom stereocenters. The van der Waals surface area contributed by atoms with Crippen molar-refractivity contribution >= 4 is 22.5 Å². The number of likely N-dealkylation sites (tertiary alicyclic amines) is 1. The second-order valence-electron chi connectivity index (χ2n) is 8.96. The van der Waals surface area contributed by atoms with Crippen molar-refractivity contribution in [2.45, 2.75) is 26.3 Å². The Kier molecular flexibility index (Phi) is 5.68. The summed E-state index contributed by atoms with van der Waals surface area (Å²) in [4.78, 5) is 15.4. The molecule has 4 aromatic rings. The van der Waals surface area contributed by atoms with Crippen LogP contribution in [-0.2, 0) is 13.6 Å². The summed E-state index contributed by atoms with van der Waals surface area (Å²) in [5.41, 5.74) is 3.63. The highest BCUT2D eigenvalue weighted by atomic mass is 19.1. The highest BCUT2D eigenvalue weighted by Crippen LogP contribution is 2.28. The minimum absolute atomic E-state index is 0.224. The lowest BCUT2D eigenvalue weighted by Crippen LogP contribution is -2.32. The lowest BCUT2D eigenvalue weighted by molar-refractivity contribution is 0.102. The van der Waals surface area contributed by atoms with Gasteiger partial charge in [-0.2, -0.15) is 10.2 Å². The van der Waals surface area contributed by atoms with E-state index in [1.807, 2.05) is 24.3 Å². The predicted octanol–water partition coefficient (Wildman–Crippen LogP) is 4.59. The van der Waals surface area contributed by atoms with Gasteiger partial charge in [-0.1, -0.05) is 19.1 Å². The maximum Gasteiger partial charge on any atom is 0.276 e. The molecule has 1 aliphatic rings. The molecule has 0 aliphatic carbocycles. The van der Waals surface area contributed by atoms with Gasteiger partial charge in [-0.15, -0.1) is 0 Å². The molecule has 2 aromatic heterocycles. The van der Waals surface area contributed by atoms with E-state index in [0.717, 1.165) is 25.6 Å². The van der Waals surface area contributed by atoms with Crippen LogP contribution in [-0.4, -0.2) is 43.9 Å². The number of hydrogen-bond acceptors (Lipinski definition) is 4. The molecule has 1 fully saturated rings. The van der Waals surface area contributed by atoms with E-state index in [1.165, 1.54) is 24.5 Å². The molecule has 1 saturated heterocycles. The third kappa shape index (κ3) is 4.52. The molecular formula is C25H27FN6O. The Hall–Kier alpha value is -3.52. The highest BCUT2D eigenvalue weighted by Gasteiger charge is 2.19. The fourth-order valence-electron chi connectivity index (χ4n) is 4.35. The van der Waals surface area contributed by atoms with Crippen LogP contribution in [0, 0.1) is 11.7 Å². The second-order valence-corrected chi connectivity index (χ2v) is 8.96. The Labute approximate surface area is 191 Å². The summed E-state index contributed by atoms with van der Waals surface area (Å²) in [6.45, 7) is 5.50. The van der Waals surface area contributed by atoms with E-state index in [-0.39, 0.29) is 11.6 Å². The van der Waals surface area contributed by atoms with E-state index < -0.39 is 5.82 Å². The van der Waals surface area contributed by atoms with Gasteiger partial charge >= 0.3 is 0 Å². The van der Waals surface area contributed by atoms with Gasteiger partial charge in [0, 0.05) is 48.1 Å². The largest absolute Gasteiger partial charge is 0.321 e. The van der Waals surface area contributed by atoms with Crippen molar-refractivity contribution in [2.75, 3.05) is 18.4 Å². The van der Waals surface area contributed by atoms with Gasteiger partial charge < -0.3 is 5.32 Å².